The first-order valence-corrected chi connectivity index (χ1v) is 7.32. The number of thiophene rings is 1. The van der Waals surface area contributed by atoms with E-state index in [1.807, 2.05) is 35.7 Å². The van der Waals surface area contributed by atoms with Crippen LogP contribution in [0.5, 0.6) is 0 Å². The highest BCUT2D eigenvalue weighted by Crippen LogP contribution is 2.17. The Morgan fingerprint density at radius 1 is 1.15 bits per heavy atom. The Hall–Kier alpha value is -2.38. The average molecular weight is 279 g/mol. The highest BCUT2D eigenvalue weighted by atomic mass is 32.1. The van der Waals surface area contributed by atoms with Gasteiger partial charge >= 0.3 is 0 Å². The highest BCUT2D eigenvalue weighted by Gasteiger charge is 2.00. The predicted octanol–water partition coefficient (Wildman–Crippen LogP) is 3.55. The van der Waals surface area contributed by atoms with Crippen LogP contribution in [0.15, 0.2) is 47.4 Å². The van der Waals surface area contributed by atoms with Gasteiger partial charge in [0.05, 0.1) is 5.52 Å². The van der Waals surface area contributed by atoms with Crippen molar-refractivity contribution < 1.29 is 0 Å². The van der Waals surface area contributed by atoms with Crippen LogP contribution in [0, 0.1) is 11.8 Å². The number of aromatic nitrogens is 2. The number of hydrogen-bond donors (Lipinski definition) is 1. The summed E-state index contributed by atoms with van der Waals surface area (Å²) >= 11 is 1.67. The Bertz CT molecular complexity index is 749. The van der Waals surface area contributed by atoms with Gasteiger partial charge in [0.2, 0.25) is 0 Å². The van der Waals surface area contributed by atoms with Crippen LogP contribution >= 0.6 is 11.3 Å². The summed E-state index contributed by atoms with van der Waals surface area (Å²) in [6, 6.07) is 10.0. The number of benzene rings is 1. The van der Waals surface area contributed by atoms with E-state index in [1.54, 1.807) is 17.7 Å². The van der Waals surface area contributed by atoms with Crippen LogP contribution in [0.3, 0.4) is 0 Å². The lowest BCUT2D eigenvalue weighted by Gasteiger charge is -2.05. The molecule has 1 aromatic carbocycles. The second-order valence-corrected chi connectivity index (χ2v) is 5.01. The van der Waals surface area contributed by atoms with Gasteiger partial charge in [0.1, 0.15) is 12.1 Å². The standard InChI is InChI=1S/C16H13N3S/c1-2-7-15-14(6-1)16(19-12-18-15)17-9-4-3-5-13-8-10-20-11-13/h1-2,6-8,10-12H,4,9H2,(H,17,18,19). The van der Waals surface area contributed by atoms with E-state index in [0.29, 0.717) is 0 Å². The van der Waals surface area contributed by atoms with E-state index in [0.717, 1.165) is 35.2 Å². The molecule has 3 aromatic rings. The Kier molecular flexibility index (Phi) is 3.91. The molecule has 98 valence electrons. The molecular weight excluding hydrogens is 266 g/mol. The Morgan fingerprint density at radius 3 is 3.00 bits per heavy atom. The van der Waals surface area contributed by atoms with E-state index in [9.17, 15) is 0 Å². The zero-order chi connectivity index (χ0) is 13.6. The molecule has 0 spiro atoms. The van der Waals surface area contributed by atoms with Crippen molar-refractivity contribution in [3.05, 3.63) is 53.0 Å². The molecule has 1 N–H and O–H groups in total. The molecule has 0 aliphatic rings. The minimum atomic E-state index is 0.776. The van der Waals surface area contributed by atoms with Gasteiger partial charge in [0, 0.05) is 29.3 Å². The van der Waals surface area contributed by atoms with Crippen LogP contribution in [0.4, 0.5) is 5.82 Å². The first-order valence-electron chi connectivity index (χ1n) is 6.38. The number of rotatable bonds is 3. The molecule has 0 radical (unpaired) electrons. The lowest BCUT2D eigenvalue weighted by atomic mass is 10.2. The molecule has 4 heteroatoms. The SMILES string of the molecule is C(#Cc1ccsc1)CCNc1ncnc2ccccc12. The first kappa shape index (κ1) is 12.6. The minimum absolute atomic E-state index is 0.776. The monoisotopic (exact) mass is 279 g/mol. The second kappa shape index (κ2) is 6.18. The topological polar surface area (TPSA) is 37.8 Å². The molecule has 0 unspecified atom stereocenters. The minimum Gasteiger partial charge on any atom is -0.368 e. The van der Waals surface area contributed by atoms with Crippen LogP contribution in [0.2, 0.25) is 0 Å². The summed E-state index contributed by atoms with van der Waals surface area (Å²) in [5.41, 5.74) is 2.04. The van der Waals surface area contributed by atoms with Crippen molar-refractivity contribution in [2.45, 2.75) is 6.42 Å². The molecule has 0 amide bonds. The van der Waals surface area contributed by atoms with E-state index >= 15 is 0 Å². The molecule has 0 bridgehead atoms. The van der Waals surface area contributed by atoms with Crippen molar-refractivity contribution in [3.8, 4) is 11.8 Å². The maximum absolute atomic E-state index is 4.29. The summed E-state index contributed by atoms with van der Waals surface area (Å²) in [7, 11) is 0. The molecule has 2 aromatic heterocycles. The quantitative estimate of drug-likeness (QED) is 0.588. The van der Waals surface area contributed by atoms with Crippen LogP contribution in [0.1, 0.15) is 12.0 Å². The third-order valence-corrected chi connectivity index (χ3v) is 3.52. The van der Waals surface area contributed by atoms with Gasteiger partial charge in [0.25, 0.3) is 0 Å². The van der Waals surface area contributed by atoms with E-state index < -0.39 is 0 Å². The van der Waals surface area contributed by atoms with E-state index in [1.165, 1.54) is 0 Å². The zero-order valence-electron chi connectivity index (χ0n) is 10.8. The normalized spacial score (nSPS) is 10.0. The van der Waals surface area contributed by atoms with E-state index in [-0.39, 0.29) is 0 Å². The fourth-order valence-electron chi connectivity index (χ4n) is 1.89. The third kappa shape index (κ3) is 2.95. The third-order valence-electron chi connectivity index (χ3n) is 2.84. The maximum atomic E-state index is 4.29. The van der Waals surface area contributed by atoms with Gasteiger partial charge < -0.3 is 5.32 Å². The smallest absolute Gasteiger partial charge is 0.137 e. The average Bonchev–Trinajstić information content (AvgIpc) is 3.00. The maximum Gasteiger partial charge on any atom is 0.137 e. The zero-order valence-corrected chi connectivity index (χ0v) is 11.7. The largest absolute Gasteiger partial charge is 0.368 e. The fraction of sp³-hybridized carbons (Fsp3) is 0.125. The number of nitrogens with zero attached hydrogens (tertiary/aromatic N) is 2. The lowest BCUT2D eigenvalue weighted by Crippen LogP contribution is -2.03. The molecule has 20 heavy (non-hydrogen) atoms. The van der Waals surface area contributed by atoms with E-state index in [4.69, 9.17) is 0 Å². The lowest BCUT2D eigenvalue weighted by molar-refractivity contribution is 1.07. The van der Waals surface area contributed by atoms with Crippen molar-refractivity contribution in [3.63, 3.8) is 0 Å². The molecule has 0 fully saturated rings. The van der Waals surface area contributed by atoms with Crippen LogP contribution in [-0.2, 0) is 0 Å². The number of hydrogen-bond acceptors (Lipinski definition) is 4. The van der Waals surface area contributed by atoms with Crippen molar-refractivity contribution >= 4 is 28.1 Å². The summed E-state index contributed by atoms with van der Waals surface area (Å²) in [4.78, 5) is 8.53. The predicted molar refractivity (Wildman–Crippen MR) is 83.8 cm³/mol. The molecule has 0 aliphatic heterocycles. The van der Waals surface area contributed by atoms with Crippen molar-refractivity contribution in [2.24, 2.45) is 0 Å². The molecule has 0 saturated carbocycles. The van der Waals surface area contributed by atoms with E-state index in [2.05, 4.69) is 32.5 Å². The van der Waals surface area contributed by atoms with Crippen molar-refractivity contribution in [1.29, 1.82) is 0 Å². The molecule has 0 aliphatic carbocycles. The summed E-state index contributed by atoms with van der Waals surface area (Å²) in [5, 5.41) is 8.45. The Labute approximate surface area is 121 Å². The molecule has 3 rings (SSSR count). The number of nitrogens with one attached hydrogen (secondary N) is 1. The van der Waals surface area contributed by atoms with Gasteiger partial charge in [-0.15, -0.1) is 0 Å². The molecular formula is C16H13N3S. The number of para-hydroxylation sites is 1. The molecule has 0 atom stereocenters. The summed E-state index contributed by atoms with van der Waals surface area (Å²) in [6.07, 6.45) is 2.37. The van der Waals surface area contributed by atoms with Crippen LogP contribution < -0.4 is 5.32 Å². The summed E-state index contributed by atoms with van der Waals surface area (Å²) in [6.45, 7) is 0.776. The Balaban J connectivity index is 1.63. The fourth-order valence-corrected chi connectivity index (χ4v) is 2.48. The van der Waals surface area contributed by atoms with Crippen LogP contribution in [-0.4, -0.2) is 16.5 Å². The second-order valence-electron chi connectivity index (χ2n) is 4.23. The van der Waals surface area contributed by atoms with Gasteiger partial charge in [-0.25, -0.2) is 9.97 Å². The molecule has 3 nitrogen and oxygen atoms in total. The van der Waals surface area contributed by atoms with Crippen LogP contribution in [0.25, 0.3) is 10.9 Å². The van der Waals surface area contributed by atoms with Gasteiger partial charge in [-0.1, -0.05) is 24.0 Å². The van der Waals surface area contributed by atoms with Gasteiger partial charge in [-0.2, -0.15) is 11.3 Å². The van der Waals surface area contributed by atoms with Crippen molar-refractivity contribution in [1.82, 2.24) is 9.97 Å². The molecule has 0 saturated heterocycles. The number of fused-ring (bicyclic) bond motifs is 1. The highest BCUT2D eigenvalue weighted by molar-refractivity contribution is 7.08. The number of anilines is 1. The molecule has 2 heterocycles. The van der Waals surface area contributed by atoms with Gasteiger partial charge in [-0.05, 0) is 23.6 Å². The summed E-state index contributed by atoms with van der Waals surface area (Å²) in [5.74, 6) is 7.16. The van der Waals surface area contributed by atoms with Gasteiger partial charge in [-0.3, -0.25) is 0 Å². The van der Waals surface area contributed by atoms with Gasteiger partial charge in [0.15, 0.2) is 0 Å². The first-order chi connectivity index (χ1) is 9.93. The summed E-state index contributed by atoms with van der Waals surface area (Å²) < 4.78 is 0. The Morgan fingerprint density at radius 2 is 2.10 bits per heavy atom. The van der Waals surface area contributed by atoms with Crippen molar-refractivity contribution in [2.75, 3.05) is 11.9 Å².